The van der Waals surface area contributed by atoms with Crippen molar-refractivity contribution in [3.63, 3.8) is 0 Å². The molecule has 126 valence electrons. The molecule has 0 aliphatic carbocycles. The van der Waals surface area contributed by atoms with Crippen LogP contribution in [0.2, 0.25) is 4.82 Å². The van der Waals surface area contributed by atoms with Crippen LogP contribution in [-0.4, -0.2) is 80.5 Å². The molecular weight excluding hydrogens is 426 g/mol. The van der Waals surface area contributed by atoms with Crippen molar-refractivity contribution in [3.05, 3.63) is 0 Å². The van der Waals surface area contributed by atoms with Crippen LogP contribution in [0.15, 0.2) is 0 Å². The zero-order valence-electron chi connectivity index (χ0n) is 12.7. The first-order chi connectivity index (χ1) is 10.1. The third-order valence-corrected chi connectivity index (χ3v) is 6.15. The monoisotopic (exact) mass is 448 g/mol. The van der Waals surface area contributed by atoms with E-state index in [-0.39, 0.29) is 6.42 Å². The molecule has 2 amide bonds. The quantitative estimate of drug-likeness (QED) is 0.335. The van der Waals surface area contributed by atoms with Gasteiger partial charge in [-0.25, -0.2) is 0 Å². The Balaban J connectivity index is 5.31. The Kier molecular flexibility index (Phi) is 8.70. The first-order valence-electron chi connectivity index (χ1n) is 6.21. The molecule has 0 heterocycles. The Hall–Kier alpha value is -1.08. The maximum absolute atomic E-state index is 12.0. The van der Waals surface area contributed by atoms with Gasteiger partial charge in [0.25, 0.3) is 0 Å². The number of hydrogen-bond acceptors (Lipinski definition) is 6. The van der Waals surface area contributed by atoms with Gasteiger partial charge in [0.05, 0.1) is 0 Å². The summed E-state index contributed by atoms with van der Waals surface area (Å²) in [7, 11) is 2.39. The number of methoxy groups -OCH3 is 2. The topological polar surface area (TPSA) is 111 Å². The second-order valence-electron chi connectivity index (χ2n) is 4.47. The molecule has 1 unspecified atom stereocenters. The van der Waals surface area contributed by atoms with Crippen molar-refractivity contribution in [2.75, 3.05) is 14.2 Å². The third kappa shape index (κ3) is 5.96. The number of esters is 2. The summed E-state index contributed by atoms with van der Waals surface area (Å²) in [5, 5.41) is 4.95. The van der Waals surface area contributed by atoms with Crippen LogP contribution < -0.4 is 10.6 Å². The Morgan fingerprint density at radius 1 is 1.09 bits per heavy atom. The van der Waals surface area contributed by atoms with Crippen molar-refractivity contribution in [1.29, 1.82) is 0 Å². The van der Waals surface area contributed by atoms with Crippen LogP contribution in [0.25, 0.3) is 0 Å². The van der Waals surface area contributed by atoms with E-state index in [4.69, 9.17) is 4.74 Å². The summed E-state index contributed by atoms with van der Waals surface area (Å²) in [6, 6.07) is -0.947. The number of hydrogen-bond donors (Lipinski definition) is 2. The van der Waals surface area contributed by atoms with E-state index in [1.54, 1.807) is 0 Å². The van der Waals surface area contributed by atoms with Gasteiger partial charge in [-0.1, -0.05) is 0 Å². The van der Waals surface area contributed by atoms with Crippen molar-refractivity contribution < 1.29 is 28.7 Å². The number of amides is 2. The van der Waals surface area contributed by atoms with Gasteiger partial charge in [0.1, 0.15) is 0 Å². The summed E-state index contributed by atoms with van der Waals surface area (Å²) in [5.41, 5.74) is 0. The fourth-order valence-electron chi connectivity index (χ4n) is 1.69. The Labute approximate surface area is 145 Å². The van der Waals surface area contributed by atoms with E-state index in [0.29, 0.717) is 0 Å². The van der Waals surface area contributed by atoms with E-state index in [1.807, 2.05) is 16.0 Å². The first kappa shape index (κ1) is 20.9. The second kappa shape index (κ2) is 9.15. The van der Waals surface area contributed by atoms with E-state index in [2.05, 4.69) is 31.4 Å². The van der Waals surface area contributed by atoms with Gasteiger partial charge in [0.2, 0.25) is 0 Å². The average molecular weight is 446 g/mol. The van der Waals surface area contributed by atoms with Crippen LogP contribution in [0, 0.1) is 0 Å². The second-order valence-corrected chi connectivity index (χ2v) is 7.25. The fourth-order valence-corrected chi connectivity index (χ4v) is 3.23. The van der Waals surface area contributed by atoms with E-state index in [1.165, 1.54) is 28.1 Å². The number of nitrogens with one attached hydrogen (secondary N) is 2. The van der Waals surface area contributed by atoms with Crippen LogP contribution in [0.4, 0.5) is 0 Å². The van der Waals surface area contributed by atoms with Crippen LogP contribution >= 0.6 is 0 Å². The normalized spacial score (nSPS) is 15.7. The predicted molar refractivity (Wildman–Crippen MR) is 80.8 cm³/mol. The van der Waals surface area contributed by atoms with Crippen molar-refractivity contribution in [3.8, 4) is 0 Å². The summed E-state index contributed by atoms with van der Waals surface area (Å²) in [4.78, 5) is 45.6. The third-order valence-electron chi connectivity index (χ3n) is 2.67. The number of rotatable bonds is 7. The Morgan fingerprint density at radius 3 is 2.00 bits per heavy atom. The summed E-state index contributed by atoms with van der Waals surface area (Å²) in [6.45, 7) is 2.52. The molecule has 0 aromatic rings. The van der Waals surface area contributed by atoms with Gasteiger partial charge in [-0.2, -0.15) is 0 Å². The molecule has 10 heteroatoms. The van der Waals surface area contributed by atoms with E-state index in [9.17, 15) is 19.2 Å². The number of carbonyl (C=O) groups excluding carboxylic acids is 4. The molecular formula is C12H20N2O6Se2. The zero-order chi connectivity index (χ0) is 17.5. The van der Waals surface area contributed by atoms with Crippen molar-refractivity contribution >= 4 is 55.8 Å². The van der Waals surface area contributed by atoms with Gasteiger partial charge in [-0.15, -0.1) is 0 Å². The standard InChI is InChI=1S/C12H20N2O6Se2/c1-6(15)13-8(10(17)19-3)5-9(21)12(22,11(18)20-4)14-7(2)16/h8-9,21-22H,5H2,1-4H3,(H,13,15)(H,14,16)/t8?,9-,12+/m1/s1. The van der Waals surface area contributed by atoms with Gasteiger partial charge >= 0.3 is 145 Å². The molecule has 8 nitrogen and oxygen atoms in total. The number of ether oxygens (including phenoxy) is 2. The molecule has 0 saturated heterocycles. The maximum atomic E-state index is 12.0. The fraction of sp³-hybridized carbons (Fsp3) is 0.667. The van der Waals surface area contributed by atoms with Crippen LogP contribution in [0.5, 0.6) is 0 Å². The molecule has 0 rings (SSSR count). The molecule has 0 aliphatic heterocycles. The minimum atomic E-state index is -1.42. The molecule has 22 heavy (non-hydrogen) atoms. The molecule has 2 N–H and O–H groups in total. The molecule has 3 atom stereocenters. The van der Waals surface area contributed by atoms with Gasteiger partial charge in [0, 0.05) is 0 Å². The SMILES string of the molecule is COC(=O)C(C[C@@H]([SeH])[C@@]([SeH])(NC(C)=O)C(=O)OC)NC(C)=O. The molecule has 0 aliphatic rings. The van der Waals surface area contributed by atoms with E-state index < -0.39 is 39.0 Å². The molecule has 0 radical (unpaired) electrons. The Bertz CT molecular complexity index is 459. The van der Waals surface area contributed by atoms with Crippen molar-refractivity contribution in [1.82, 2.24) is 10.6 Å². The summed E-state index contributed by atoms with van der Waals surface area (Å²) in [5.74, 6) is -2.17. The molecule has 0 aromatic heterocycles. The van der Waals surface area contributed by atoms with Gasteiger partial charge in [-0.05, 0) is 0 Å². The summed E-state index contributed by atoms with van der Waals surface area (Å²) in [6.07, 6.45) is 0.0520. The molecule has 0 spiro atoms. The first-order valence-corrected chi connectivity index (χ1v) is 8.23. The summed E-state index contributed by atoms with van der Waals surface area (Å²) < 4.78 is 7.91. The van der Waals surface area contributed by atoms with Crippen LogP contribution in [0.3, 0.4) is 0 Å². The minimum absolute atomic E-state index is 0.0520. The molecule has 0 bridgehead atoms. The Morgan fingerprint density at radius 2 is 1.64 bits per heavy atom. The van der Waals surface area contributed by atoms with Gasteiger partial charge < -0.3 is 0 Å². The average Bonchev–Trinajstić information content (AvgIpc) is 2.43. The molecule has 0 aromatic carbocycles. The molecule has 0 fully saturated rings. The van der Waals surface area contributed by atoms with Gasteiger partial charge in [0.15, 0.2) is 0 Å². The molecule has 0 saturated carbocycles. The summed E-state index contributed by atoms with van der Waals surface area (Å²) >= 11 is 4.24. The van der Waals surface area contributed by atoms with Crippen molar-refractivity contribution in [2.24, 2.45) is 0 Å². The van der Waals surface area contributed by atoms with Crippen molar-refractivity contribution in [2.45, 2.75) is 35.6 Å². The van der Waals surface area contributed by atoms with Crippen LogP contribution in [-0.2, 0) is 28.7 Å². The zero-order valence-corrected chi connectivity index (χ0v) is 16.5. The van der Waals surface area contributed by atoms with E-state index in [0.717, 1.165) is 0 Å². The van der Waals surface area contributed by atoms with Crippen LogP contribution in [0.1, 0.15) is 20.3 Å². The van der Waals surface area contributed by atoms with Gasteiger partial charge in [-0.3, -0.25) is 0 Å². The van der Waals surface area contributed by atoms with E-state index >= 15 is 0 Å². The number of carbonyl (C=O) groups is 4. The predicted octanol–water partition coefficient (Wildman–Crippen LogP) is -2.35.